The quantitative estimate of drug-likeness (QED) is 0.783. The summed E-state index contributed by atoms with van der Waals surface area (Å²) in [7, 11) is 0. The Balaban J connectivity index is 1.50. The number of nitrogens with zero attached hydrogens (tertiary/aromatic N) is 1. The van der Waals surface area contributed by atoms with Crippen LogP contribution in [0.25, 0.3) is 0 Å². The van der Waals surface area contributed by atoms with Crippen molar-refractivity contribution in [1.29, 1.82) is 5.26 Å². The summed E-state index contributed by atoms with van der Waals surface area (Å²) in [6.07, 6.45) is 7.17. The van der Waals surface area contributed by atoms with Crippen LogP contribution in [-0.2, 0) is 14.3 Å². The molecule has 1 amide bonds. The highest BCUT2D eigenvalue weighted by Crippen LogP contribution is 2.60. The Labute approximate surface area is 125 Å². The van der Waals surface area contributed by atoms with E-state index in [4.69, 9.17) is 5.26 Å². The molecule has 5 nitrogen and oxygen atoms in total. The molecular formula is C16H22N2O3. The smallest absolute Gasteiger partial charge is 0.308 e. The molecule has 114 valence electrons. The fourth-order valence-electron chi connectivity index (χ4n) is 5.04. The molecule has 4 aliphatic carbocycles. The zero-order chi connectivity index (χ0) is 14.9. The highest BCUT2D eigenvalue weighted by Gasteiger charge is 2.54. The van der Waals surface area contributed by atoms with Crippen molar-refractivity contribution in [2.75, 3.05) is 13.2 Å². The number of esters is 1. The van der Waals surface area contributed by atoms with Crippen LogP contribution in [0.2, 0.25) is 0 Å². The van der Waals surface area contributed by atoms with E-state index >= 15 is 0 Å². The largest absolute Gasteiger partial charge is 0.450 e. The molecule has 4 fully saturated rings. The summed E-state index contributed by atoms with van der Waals surface area (Å²) in [5.41, 5.74) is -0.161. The molecule has 0 radical (unpaired) electrons. The molecule has 4 aliphatic rings. The van der Waals surface area contributed by atoms with Gasteiger partial charge in [0.25, 0.3) is 0 Å². The molecule has 0 unspecified atom stereocenters. The summed E-state index contributed by atoms with van der Waals surface area (Å²) in [5, 5.41) is 11.3. The summed E-state index contributed by atoms with van der Waals surface area (Å²) < 4.78 is 4.67. The Morgan fingerprint density at radius 1 is 1.14 bits per heavy atom. The van der Waals surface area contributed by atoms with Gasteiger partial charge in [0.2, 0.25) is 5.91 Å². The summed E-state index contributed by atoms with van der Waals surface area (Å²) in [5.74, 6) is 1.92. The van der Waals surface area contributed by atoms with Gasteiger partial charge in [0, 0.05) is 12.0 Å². The van der Waals surface area contributed by atoms with Gasteiger partial charge in [-0.25, -0.2) is 0 Å². The Morgan fingerprint density at radius 2 is 1.71 bits per heavy atom. The number of rotatable bonds is 5. The van der Waals surface area contributed by atoms with Crippen molar-refractivity contribution in [2.24, 2.45) is 23.2 Å². The number of ether oxygens (including phenoxy) is 1. The second-order valence-corrected chi connectivity index (χ2v) is 7.02. The van der Waals surface area contributed by atoms with Crippen molar-refractivity contribution in [2.45, 2.75) is 44.9 Å². The molecule has 0 aromatic rings. The van der Waals surface area contributed by atoms with Crippen molar-refractivity contribution >= 4 is 11.9 Å². The van der Waals surface area contributed by atoms with Crippen LogP contribution in [0.5, 0.6) is 0 Å². The Morgan fingerprint density at radius 3 is 2.24 bits per heavy atom. The molecule has 1 N–H and O–H groups in total. The van der Waals surface area contributed by atoms with Gasteiger partial charge in [-0.3, -0.25) is 9.59 Å². The first kappa shape index (κ1) is 14.4. The summed E-state index contributed by atoms with van der Waals surface area (Å²) in [4.78, 5) is 23.9. The van der Waals surface area contributed by atoms with Gasteiger partial charge < -0.3 is 10.1 Å². The molecule has 0 atom stereocenters. The van der Waals surface area contributed by atoms with Crippen LogP contribution in [-0.4, -0.2) is 25.0 Å². The third-order valence-electron chi connectivity index (χ3n) is 5.43. The molecular weight excluding hydrogens is 268 g/mol. The number of carbonyl (C=O) groups excluding carboxylic acids is 2. The van der Waals surface area contributed by atoms with Crippen molar-refractivity contribution < 1.29 is 14.3 Å². The standard InChI is InChI=1S/C16H22N2O3/c17-2-4-21-14(19)1-3-18-15(20)16-8-11-5-12(9-16)7-13(6-11)10-16/h11-13H,1,3-10H2,(H,18,20). The zero-order valence-corrected chi connectivity index (χ0v) is 12.3. The molecule has 0 heterocycles. The van der Waals surface area contributed by atoms with Crippen LogP contribution in [0, 0.1) is 34.5 Å². The van der Waals surface area contributed by atoms with Crippen LogP contribution in [0.1, 0.15) is 44.9 Å². The molecule has 4 bridgehead atoms. The zero-order valence-electron chi connectivity index (χ0n) is 12.3. The van der Waals surface area contributed by atoms with Crippen molar-refractivity contribution in [3.8, 4) is 6.07 Å². The van der Waals surface area contributed by atoms with Crippen LogP contribution in [0.15, 0.2) is 0 Å². The molecule has 0 saturated heterocycles. The van der Waals surface area contributed by atoms with Crippen LogP contribution < -0.4 is 5.32 Å². The fourth-order valence-corrected chi connectivity index (χ4v) is 5.04. The lowest BCUT2D eigenvalue weighted by molar-refractivity contribution is -0.147. The van der Waals surface area contributed by atoms with E-state index in [2.05, 4.69) is 10.1 Å². The number of hydrogen-bond acceptors (Lipinski definition) is 4. The highest BCUT2D eigenvalue weighted by molar-refractivity contribution is 5.83. The molecule has 0 aromatic carbocycles. The van der Waals surface area contributed by atoms with E-state index in [9.17, 15) is 9.59 Å². The first-order chi connectivity index (χ1) is 10.1. The Hall–Kier alpha value is -1.57. The topological polar surface area (TPSA) is 79.2 Å². The molecule has 4 saturated carbocycles. The molecule has 5 heteroatoms. The normalized spacial score (nSPS) is 36.0. The van der Waals surface area contributed by atoms with Gasteiger partial charge in [-0.15, -0.1) is 0 Å². The number of nitriles is 1. The van der Waals surface area contributed by atoms with Crippen LogP contribution in [0.3, 0.4) is 0 Å². The first-order valence-electron chi connectivity index (χ1n) is 7.92. The number of hydrogen-bond donors (Lipinski definition) is 1. The lowest BCUT2D eigenvalue weighted by Crippen LogP contribution is -2.53. The highest BCUT2D eigenvalue weighted by atomic mass is 16.5. The number of carbonyl (C=O) groups is 2. The van der Waals surface area contributed by atoms with E-state index in [1.54, 1.807) is 6.07 Å². The van der Waals surface area contributed by atoms with Crippen molar-refractivity contribution in [3.05, 3.63) is 0 Å². The minimum Gasteiger partial charge on any atom is -0.450 e. The van der Waals surface area contributed by atoms with E-state index in [0.29, 0.717) is 6.54 Å². The van der Waals surface area contributed by atoms with Gasteiger partial charge in [-0.05, 0) is 56.3 Å². The van der Waals surface area contributed by atoms with Crippen LogP contribution >= 0.6 is 0 Å². The summed E-state index contributed by atoms with van der Waals surface area (Å²) in [6, 6.07) is 1.76. The molecule has 0 aliphatic heterocycles. The van der Waals surface area contributed by atoms with E-state index < -0.39 is 5.97 Å². The van der Waals surface area contributed by atoms with Crippen molar-refractivity contribution in [3.63, 3.8) is 0 Å². The second-order valence-electron chi connectivity index (χ2n) is 7.02. The molecule has 21 heavy (non-hydrogen) atoms. The third kappa shape index (κ3) is 2.90. The van der Waals surface area contributed by atoms with Crippen LogP contribution in [0.4, 0.5) is 0 Å². The summed E-state index contributed by atoms with van der Waals surface area (Å²) >= 11 is 0. The van der Waals surface area contributed by atoms with Gasteiger partial charge >= 0.3 is 5.97 Å². The first-order valence-corrected chi connectivity index (χ1v) is 7.92. The number of amides is 1. The lowest BCUT2D eigenvalue weighted by atomic mass is 9.49. The maximum absolute atomic E-state index is 12.6. The SMILES string of the molecule is N#CCOC(=O)CCNC(=O)C12CC3CC(CC(C3)C1)C2. The third-order valence-corrected chi connectivity index (χ3v) is 5.43. The Bertz CT molecular complexity index is 445. The monoisotopic (exact) mass is 290 g/mol. The lowest BCUT2D eigenvalue weighted by Gasteiger charge is -2.55. The van der Waals surface area contributed by atoms with Gasteiger partial charge in [0.05, 0.1) is 6.42 Å². The predicted molar refractivity (Wildman–Crippen MR) is 74.8 cm³/mol. The van der Waals surface area contributed by atoms with Gasteiger partial charge in [0.1, 0.15) is 6.07 Å². The maximum atomic E-state index is 12.6. The summed E-state index contributed by atoms with van der Waals surface area (Å²) in [6.45, 7) is 0.0899. The molecule has 4 rings (SSSR count). The van der Waals surface area contributed by atoms with Gasteiger partial charge in [0.15, 0.2) is 6.61 Å². The minimum atomic E-state index is -0.428. The average molecular weight is 290 g/mol. The average Bonchev–Trinajstić information content (AvgIpc) is 2.43. The van der Waals surface area contributed by atoms with E-state index in [1.165, 1.54) is 19.3 Å². The number of nitrogens with one attached hydrogen (secondary N) is 1. The predicted octanol–water partition coefficient (Wildman–Crippen LogP) is 1.78. The maximum Gasteiger partial charge on any atom is 0.308 e. The molecule has 0 spiro atoms. The second kappa shape index (κ2) is 5.67. The Kier molecular flexibility index (Phi) is 3.88. The van der Waals surface area contributed by atoms with Gasteiger partial charge in [-0.2, -0.15) is 5.26 Å². The van der Waals surface area contributed by atoms with E-state index in [1.807, 2.05) is 0 Å². The minimum absolute atomic E-state index is 0.134. The van der Waals surface area contributed by atoms with E-state index in [-0.39, 0.29) is 24.3 Å². The van der Waals surface area contributed by atoms with Gasteiger partial charge in [-0.1, -0.05) is 0 Å². The molecule has 0 aromatic heterocycles. The van der Waals surface area contributed by atoms with E-state index in [0.717, 1.165) is 37.0 Å². The van der Waals surface area contributed by atoms with Crippen molar-refractivity contribution in [1.82, 2.24) is 5.32 Å². The fraction of sp³-hybridized carbons (Fsp3) is 0.812.